The van der Waals surface area contributed by atoms with Gasteiger partial charge in [0, 0.05) is 12.8 Å². The largest absolute Gasteiger partial charge is 0.458 e. The summed E-state index contributed by atoms with van der Waals surface area (Å²) in [5.41, 5.74) is 4.13. The molecule has 4 aliphatic rings. The maximum absolute atomic E-state index is 12.4. The molecule has 0 aromatic rings. The van der Waals surface area contributed by atoms with Crippen molar-refractivity contribution in [3.8, 4) is 0 Å². The maximum Gasteiger partial charge on any atom is 0.332 e. The summed E-state index contributed by atoms with van der Waals surface area (Å²) in [5.74, 6) is -1.19. The van der Waals surface area contributed by atoms with Gasteiger partial charge in [-0.1, -0.05) is 49.8 Å². The second kappa shape index (κ2) is 9.40. The first-order valence-electron chi connectivity index (χ1n) is 13.0. The molecule has 5 nitrogen and oxygen atoms in total. The van der Waals surface area contributed by atoms with Crippen molar-refractivity contribution in [2.24, 2.45) is 17.3 Å². The molecule has 0 aromatic heterocycles. The van der Waals surface area contributed by atoms with Gasteiger partial charge in [-0.2, -0.15) is 0 Å². The van der Waals surface area contributed by atoms with E-state index in [0.29, 0.717) is 17.4 Å². The lowest BCUT2D eigenvalue weighted by Gasteiger charge is -2.41. The number of carbonyl (C=O) groups excluding carboxylic acids is 1. The average molecular weight is 471 g/mol. The van der Waals surface area contributed by atoms with Crippen LogP contribution in [0.25, 0.3) is 0 Å². The monoisotopic (exact) mass is 470 g/mol. The van der Waals surface area contributed by atoms with E-state index in [0.717, 1.165) is 37.7 Å². The Balaban J connectivity index is 1.43. The fourth-order valence-electron chi connectivity index (χ4n) is 6.44. The van der Waals surface area contributed by atoms with E-state index < -0.39 is 23.5 Å². The molecule has 4 atom stereocenters. The summed E-state index contributed by atoms with van der Waals surface area (Å²) in [7, 11) is 0. The van der Waals surface area contributed by atoms with Crippen LogP contribution in [-0.2, 0) is 14.3 Å². The molecule has 3 fully saturated rings. The first-order valence-corrected chi connectivity index (χ1v) is 13.0. The third-order valence-corrected chi connectivity index (χ3v) is 8.78. The quantitative estimate of drug-likeness (QED) is 0.290. The molecule has 2 N–H and O–H groups in total. The molecule has 5 heteroatoms. The van der Waals surface area contributed by atoms with Gasteiger partial charge in [-0.15, -0.1) is 0 Å². The minimum absolute atomic E-state index is 0.0104. The molecule has 34 heavy (non-hydrogen) atoms. The molecule has 4 aliphatic carbocycles. The Kier molecular flexibility index (Phi) is 7.03. The Morgan fingerprint density at radius 1 is 1.32 bits per heavy atom. The minimum Gasteiger partial charge on any atom is -0.458 e. The first kappa shape index (κ1) is 25.4. The number of aliphatic hydroxyl groups is 2. The summed E-state index contributed by atoms with van der Waals surface area (Å²) < 4.78 is 11.2. The Bertz CT molecular complexity index is 921. The van der Waals surface area contributed by atoms with E-state index in [2.05, 4.69) is 32.6 Å². The van der Waals surface area contributed by atoms with Crippen molar-refractivity contribution < 1.29 is 24.5 Å². The Hall–Kier alpha value is -1.69. The van der Waals surface area contributed by atoms with Gasteiger partial charge >= 0.3 is 5.97 Å². The highest BCUT2D eigenvalue weighted by Gasteiger charge is 2.45. The second-order valence-electron chi connectivity index (χ2n) is 11.6. The smallest absolute Gasteiger partial charge is 0.332 e. The molecular weight excluding hydrogens is 428 g/mol. The molecule has 0 bridgehead atoms. The molecular formula is C29H42O5. The van der Waals surface area contributed by atoms with Gasteiger partial charge in [0.25, 0.3) is 0 Å². The van der Waals surface area contributed by atoms with Gasteiger partial charge in [-0.25, -0.2) is 4.79 Å². The number of ether oxygens (including phenoxy) is 2. The zero-order valence-electron chi connectivity index (χ0n) is 21.4. The van der Waals surface area contributed by atoms with E-state index in [4.69, 9.17) is 9.47 Å². The fraction of sp³-hybridized carbons (Fsp3) is 0.690. The number of hydrogen-bond acceptors (Lipinski definition) is 5. The van der Waals surface area contributed by atoms with Gasteiger partial charge in [0.15, 0.2) is 5.79 Å². The Labute approximate surface area is 204 Å². The van der Waals surface area contributed by atoms with E-state index in [1.165, 1.54) is 18.4 Å². The van der Waals surface area contributed by atoms with Crippen LogP contribution in [0.3, 0.4) is 0 Å². The van der Waals surface area contributed by atoms with E-state index in [-0.39, 0.29) is 24.9 Å². The van der Waals surface area contributed by atoms with Crippen LogP contribution in [0, 0.1) is 17.3 Å². The van der Waals surface area contributed by atoms with Gasteiger partial charge in [0.05, 0.1) is 6.10 Å². The summed E-state index contributed by atoms with van der Waals surface area (Å²) in [5, 5.41) is 21.7. The zero-order chi connectivity index (χ0) is 24.7. The third-order valence-electron chi connectivity index (χ3n) is 8.78. The first-order chi connectivity index (χ1) is 16.0. The standard InChI is InChI=1S/C29H42O5/c1-6-22-13-14-24-20(8-7-15-28(22,24)5)9-10-21-16-29(32,17-25(30)19(21)2)33-18-26(31)34-27(3,4)23-11-12-23/h9-10,13,23-25,30,32H,2,6-8,11-12,14-18H2,1,3-5H3/t24-,25?,28+,29-/m0/s1. The second-order valence-corrected chi connectivity index (χ2v) is 11.6. The number of esters is 1. The van der Waals surface area contributed by atoms with Crippen LogP contribution in [0.2, 0.25) is 0 Å². The van der Waals surface area contributed by atoms with Crippen molar-refractivity contribution in [1.82, 2.24) is 0 Å². The van der Waals surface area contributed by atoms with Crippen molar-refractivity contribution in [1.29, 1.82) is 0 Å². The normalized spacial score (nSPS) is 36.5. The molecule has 0 aliphatic heterocycles. The molecule has 0 radical (unpaired) electrons. The summed E-state index contributed by atoms with van der Waals surface area (Å²) in [6, 6.07) is 0. The Morgan fingerprint density at radius 2 is 2.06 bits per heavy atom. The third kappa shape index (κ3) is 5.12. The number of fused-ring (bicyclic) bond motifs is 1. The molecule has 0 heterocycles. The molecule has 4 rings (SSSR count). The highest BCUT2D eigenvalue weighted by atomic mass is 16.6. The molecule has 0 amide bonds. The molecule has 3 saturated carbocycles. The van der Waals surface area contributed by atoms with Crippen molar-refractivity contribution in [2.45, 2.75) is 103 Å². The molecule has 0 spiro atoms. The Morgan fingerprint density at radius 3 is 2.74 bits per heavy atom. The average Bonchev–Trinajstić information content (AvgIpc) is 3.57. The van der Waals surface area contributed by atoms with Gasteiger partial charge in [0.2, 0.25) is 0 Å². The van der Waals surface area contributed by atoms with E-state index in [9.17, 15) is 15.0 Å². The van der Waals surface area contributed by atoms with Gasteiger partial charge in [-0.3, -0.25) is 0 Å². The highest BCUT2D eigenvalue weighted by molar-refractivity contribution is 5.71. The van der Waals surface area contributed by atoms with Crippen LogP contribution in [0.1, 0.15) is 85.5 Å². The SMILES string of the molecule is C=C1C(=CC=C2CCC[C@]3(C)C(CC)=CC[C@@H]23)C[C@](O)(OCC(=O)OC(C)(C)C2CC2)CC1O. The van der Waals surface area contributed by atoms with Gasteiger partial charge in [-0.05, 0) is 87.2 Å². The van der Waals surface area contributed by atoms with Crippen molar-refractivity contribution in [2.75, 3.05) is 6.61 Å². The molecule has 0 saturated heterocycles. The maximum atomic E-state index is 12.4. The molecule has 1 unspecified atom stereocenters. The lowest BCUT2D eigenvalue weighted by atomic mass is 9.64. The van der Waals surface area contributed by atoms with Gasteiger partial charge < -0.3 is 19.7 Å². The van der Waals surface area contributed by atoms with Crippen LogP contribution in [0.5, 0.6) is 0 Å². The predicted octanol–water partition coefficient (Wildman–Crippen LogP) is 5.53. The number of allylic oxidation sites excluding steroid dienone is 5. The number of aliphatic hydroxyl groups excluding tert-OH is 1. The van der Waals surface area contributed by atoms with Crippen molar-refractivity contribution in [3.05, 3.63) is 47.1 Å². The predicted molar refractivity (Wildman–Crippen MR) is 133 cm³/mol. The topological polar surface area (TPSA) is 76.0 Å². The van der Waals surface area contributed by atoms with Crippen LogP contribution >= 0.6 is 0 Å². The highest BCUT2D eigenvalue weighted by Crippen LogP contribution is 2.55. The number of rotatable bonds is 7. The van der Waals surface area contributed by atoms with E-state index in [1.54, 1.807) is 5.57 Å². The fourth-order valence-corrected chi connectivity index (χ4v) is 6.44. The number of hydrogen-bond donors (Lipinski definition) is 2. The van der Waals surface area contributed by atoms with Crippen LogP contribution in [0.15, 0.2) is 47.1 Å². The van der Waals surface area contributed by atoms with Crippen LogP contribution in [0.4, 0.5) is 0 Å². The van der Waals surface area contributed by atoms with Crippen molar-refractivity contribution in [3.63, 3.8) is 0 Å². The molecule has 188 valence electrons. The summed E-state index contributed by atoms with van der Waals surface area (Å²) in [6.45, 7) is 12.2. The lowest BCUT2D eigenvalue weighted by molar-refractivity contribution is -0.229. The van der Waals surface area contributed by atoms with E-state index >= 15 is 0 Å². The lowest BCUT2D eigenvalue weighted by Crippen LogP contribution is -2.44. The molecule has 0 aromatic carbocycles. The number of carbonyl (C=O) groups is 1. The van der Waals surface area contributed by atoms with Crippen LogP contribution in [-0.4, -0.2) is 40.3 Å². The van der Waals surface area contributed by atoms with Crippen LogP contribution < -0.4 is 0 Å². The van der Waals surface area contributed by atoms with Crippen molar-refractivity contribution >= 4 is 5.97 Å². The summed E-state index contributed by atoms with van der Waals surface area (Å²) >= 11 is 0. The van der Waals surface area contributed by atoms with Gasteiger partial charge in [0.1, 0.15) is 12.2 Å². The summed E-state index contributed by atoms with van der Waals surface area (Å²) in [4.78, 5) is 12.4. The zero-order valence-corrected chi connectivity index (χ0v) is 21.4. The summed E-state index contributed by atoms with van der Waals surface area (Å²) in [6.07, 6.45) is 13.7. The minimum atomic E-state index is -1.63. The van der Waals surface area contributed by atoms with E-state index in [1.807, 2.05) is 19.9 Å².